The van der Waals surface area contributed by atoms with Crippen molar-refractivity contribution in [2.45, 2.75) is 6.36 Å². The zero-order valence-electron chi connectivity index (χ0n) is 4.96. The molecule has 0 aromatic heterocycles. The van der Waals surface area contributed by atoms with Crippen LogP contribution >= 0.6 is 0 Å². The van der Waals surface area contributed by atoms with Crippen molar-refractivity contribution in [1.29, 1.82) is 0 Å². The molecule has 0 atom stereocenters. The first-order chi connectivity index (χ1) is 4.06. The van der Waals surface area contributed by atoms with E-state index in [1.807, 2.05) is 0 Å². The fourth-order valence-corrected chi connectivity index (χ4v) is 0.269. The fraction of sp³-hybridized carbons (Fsp3) is 1.00. The normalized spacial score (nSPS) is 12.0. The first-order valence-corrected chi connectivity index (χ1v) is 2.41. The molecule has 0 saturated heterocycles. The van der Waals surface area contributed by atoms with E-state index >= 15 is 0 Å². The van der Waals surface area contributed by atoms with Crippen molar-refractivity contribution >= 4 is 0 Å². The highest BCUT2D eigenvalue weighted by molar-refractivity contribution is 4.35. The number of rotatable bonds is 3. The van der Waals surface area contributed by atoms with Gasteiger partial charge in [-0.1, -0.05) is 0 Å². The molecule has 0 radical (unpaired) electrons. The van der Waals surface area contributed by atoms with Crippen LogP contribution in [0.1, 0.15) is 0 Å². The van der Waals surface area contributed by atoms with Crippen molar-refractivity contribution in [2.24, 2.45) is 0 Å². The second-order valence-corrected chi connectivity index (χ2v) is 1.40. The molecule has 0 unspecified atom stereocenters. The summed E-state index contributed by atoms with van der Waals surface area (Å²) in [5.41, 5.74) is 0. The Balaban J connectivity index is 3.07. The van der Waals surface area contributed by atoms with Gasteiger partial charge < -0.3 is 5.32 Å². The van der Waals surface area contributed by atoms with Crippen molar-refractivity contribution in [1.82, 2.24) is 5.32 Å². The molecule has 0 amide bonds. The third kappa shape index (κ3) is 7.71. The van der Waals surface area contributed by atoms with Crippen molar-refractivity contribution < 1.29 is 17.9 Å². The molecule has 0 bridgehead atoms. The number of halogens is 3. The number of hydrogen-bond acceptors (Lipinski definition) is 2. The largest absolute Gasteiger partial charge is 0.522 e. The lowest BCUT2D eigenvalue weighted by Gasteiger charge is -2.05. The van der Waals surface area contributed by atoms with Crippen LogP contribution in [0.5, 0.6) is 0 Å². The van der Waals surface area contributed by atoms with Gasteiger partial charge in [0.1, 0.15) is 0 Å². The minimum atomic E-state index is -4.49. The Kier molecular flexibility index (Phi) is 3.56. The maximum Gasteiger partial charge on any atom is 0.522 e. The van der Waals surface area contributed by atoms with Crippen LogP contribution in [-0.4, -0.2) is 26.6 Å². The minimum Gasteiger partial charge on any atom is -0.317 e. The van der Waals surface area contributed by atoms with Gasteiger partial charge in [0, 0.05) is 6.54 Å². The Labute approximate surface area is 51.0 Å². The van der Waals surface area contributed by atoms with Crippen LogP contribution in [0.2, 0.25) is 0 Å². The molecular weight excluding hydrogens is 135 g/mol. The lowest BCUT2D eigenvalue weighted by Crippen LogP contribution is -2.21. The molecule has 0 fully saturated rings. The molecule has 5 heteroatoms. The minimum absolute atomic E-state index is 0.208. The lowest BCUT2D eigenvalue weighted by atomic mass is 10.7. The van der Waals surface area contributed by atoms with Gasteiger partial charge >= 0.3 is 6.36 Å². The summed E-state index contributed by atoms with van der Waals surface area (Å²) < 4.78 is 36.8. The topological polar surface area (TPSA) is 21.3 Å². The molecule has 0 aromatic rings. The summed E-state index contributed by atoms with van der Waals surface area (Å²) in [7, 11) is 1.56. The molecule has 9 heavy (non-hydrogen) atoms. The second kappa shape index (κ2) is 3.68. The Morgan fingerprint density at radius 1 is 1.44 bits per heavy atom. The molecule has 0 aromatic carbocycles. The van der Waals surface area contributed by atoms with E-state index in [1.165, 1.54) is 0 Å². The van der Waals surface area contributed by atoms with Gasteiger partial charge in [-0.3, -0.25) is 4.74 Å². The highest BCUT2D eigenvalue weighted by atomic mass is 19.4. The highest BCUT2D eigenvalue weighted by Gasteiger charge is 2.28. The van der Waals surface area contributed by atoms with Gasteiger partial charge in [0.2, 0.25) is 0 Å². The Bertz CT molecular complexity index is 72.7. The molecule has 2 nitrogen and oxygen atoms in total. The van der Waals surface area contributed by atoms with Gasteiger partial charge in [-0.15, -0.1) is 13.2 Å². The predicted octanol–water partition coefficient (Wildman–Crippen LogP) is 0.742. The molecule has 1 N–H and O–H groups in total. The highest BCUT2D eigenvalue weighted by Crippen LogP contribution is 2.14. The summed E-state index contributed by atoms with van der Waals surface area (Å²) in [6, 6.07) is 0. The van der Waals surface area contributed by atoms with E-state index in [2.05, 4.69) is 10.1 Å². The summed E-state index contributed by atoms with van der Waals surface area (Å²) in [6.07, 6.45) is -4.49. The maximum absolute atomic E-state index is 11.1. The van der Waals surface area contributed by atoms with Crippen LogP contribution in [0.4, 0.5) is 13.2 Å². The van der Waals surface area contributed by atoms with Crippen molar-refractivity contribution in [3.8, 4) is 0 Å². The third-order valence-corrected chi connectivity index (χ3v) is 0.618. The van der Waals surface area contributed by atoms with E-state index in [0.717, 1.165) is 0 Å². The summed E-state index contributed by atoms with van der Waals surface area (Å²) in [4.78, 5) is 0. The average molecular weight is 143 g/mol. The van der Waals surface area contributed by atoms with Crippen LogP contribution in [0.25, 0.3) is 0 Å². The first-order valence-electron chi connectivity index (χ1n) is 2.41. The molecular formula is C4H8F3NO. The number of nitrogens with one attached hydrogen (secondary N) is 1. The smallest absolute Gasteiger partial charge is 0.317 e. The zero-order chi connectivity index (χ0) is 7.33. The lowest BCUT2D eigenvalue weighted by molar-refractivity contribution is -0.323. The molecule has 0 spiro atoms. The number of ether oxygens (including phenoxy) is 1. The average Bonchev–Trinajstić information content (AvgIpc) is 1.63. The number of alkyl halides is 3. The van der Waals surface area contributed by atoms with E-state index in [4.69, 9.17) is 0 Å². The third-order valence-electron chi connectivity index (χ3n) is 0.618. The van der Waals surface area contributed by atoms with Crippen molar-refractivity contribution in [3.63, 3.8) is 0 Å². The summed E-state index contributed by atoms with van der Waals surface area (Å²) in [6.45, 7) is -0.125. The summed E-state index contributed by atoms with van der Waals surface area (Å²) >= 11 is 0. The zero-order valence-corrected chi connectivity index (χ0v) is 4.96. The van der Waals surface area contributed by atoms with Crippen LogP contribution < -0.4 is 5.32 Å². The Morgan fingerprint density at radius 2 is 2.00 bits per heavy atom. The molecule has 0 aliphatic heterocycles. The quantitative estimate of drug-likeness (QED) is 0.588. The molecule has 0 heterocycles. The fourth-order valence-electron chi connectivity index (χ4n) is 0.269. The van der Waals surface area contributed by atoms with Crippen LogP contribution in [0.15, 0.2) is 0 Å². The van der Waals surface area contributed by atoms with Crippen LogP contribution in [-0.2, 0) is 4.74 Å². The second-order valence-electron chi connectivity index (χ2n) is 1.40. The van der Waals surface area contributed by atoms with Gasteiger partial charge in [-0.05, 0) is 7.05 Å². The van der Waals surface area contributed by atoms with Crippen molar-refractivity contribution in [3.05, 3.63) is 0 Å². The van der Waals surface area contributed by atoms with E-state index in [0.29, 0.717) is 0 Å². The van der Waals surface area contributed by atoms with E-state index in [-0.39, 0.29) is 13.2 Å². The first kappa shape index (κ1) is 8.71. The Morgan fingerprint density at radius 3 is 2.33 bits per heavy atom. The molecule has 0 aliphatic rings. The standard InChI is InChI=1S/C4H8F3NO/c1-8-2-3-9-4(5,6)7/h8H,2-3H2,1H3. The maximum atomic E-state index is 11.1. The molecule has 0 rings (SSSR count). The van der Waals surface area contributed by atoms with E-state index in [1.54, 1.807) is 7.05 Å². The number of likely N-dealkylation sites (N-methyl/N-ethyl adjacent to an activating group) is 1. The van der Waals surface area contributed by atoms with Crippen molar-refractivity contribution in [2.75, 3.05) is 20.2 Å². The summed E-state index contributed by atoms with van der Waals surface area (Å²) in [5.74, 6) is 0. The van der Waals surface area contributed by atoms with E-state index < -0.39 is 6.36 Å². The monoisotopic (exact) mass is 143 g/mol. The summed E-state index contributed by atoms with van der Waals surface area (Å²) in [5, 5.41) is 2.52. The molecule has 56 valence electrons. The predicted molar refractivity (Wildman–Crippen MR) is 25.9 cm³/mol. The van der Waals surface area contributed by atoms with Crippen LogP contribution in [0, 0.1) is 0 Å². The van der Waals surface area contributed by atoms with Gasteiger partial charge in [0.25, 0.3) is 0 Å². The van der Waals surface area contributed by atoms with Gasteiger partial charge in [-0.2, -0.15) is 0 Å². The Hall–Kier alpha value is -0.290. The van der Waals surface area contributed by atoms with Gasteiger partial charge in [-0.25, -0.2) is 0 Å². The van der Waals surface area contributed by atoms with Gasteiger partial charge in [0.15, 0.2) is 0 Å². The van der Waals surface area contributed by atoms with Crippen LogP contribution in [0.3, 0.4) is 0 Å². The SMILES string of the molecule is CNCCOC(F)(F)F. The van der Waals surface area contributed by atoms with Gasteiger partial charge in [0.05, 0.1) is 6.61 Å². The number of hydrogen-bond donors (Lipinski definition) is 1. The molecule has 0 aliphatic carbocycles. The molecule has 0 saturated carbocycles. The van der Waals surface area contributed by atoms with E-state index in [9.17, 15) is 13.2 Å².